The van der Waals surface area contributed by atoms with Crippen LogP contribution in [0.4, 0.5) is 17.2 Å². The standard InChI is InChI=1S/C14H16N4O3/c1-3-10-7-5-6-8-11(10)17-13-12(18(19)20)14(21-4-2)16-9-15-13/h5-9H,3-4H2,1-2H3,(H,15,16,17). The lowest BCUT2D eigenvalue weighted by Crippen LogP contribution is -2.06. The molecule has 21 heavy (non-hydrogen) atoms. The molecule has 7 nitrogen and oxygen atoms in total. The van der Waals surface area contributed by atoms with Crippen LogP contribution in [0.3, 0.4) is 0 Å². The number of aryl methyl sites for hydroxylation is 1. The maximum Gasteiger partial charge on any atom is 0.373 e. The molecule has 0 radical (unpaired) electrons. The number of ether oxygens (including phenoxy) is 1. The molecule has 7 heteroatoms. The minimum Gasteiger partial charge on any atom is -0.473 e. The summed E-state index contributed by atoms with van der Waals surface area (Å²) in [6, 6.07) is 7.59. The SMILES string of the molecule is CCOc1ncnc(Nc2ccccc2CC)c1[N+](=O)[O-]. The highest BCUT2D eigenvalue weighted by molar-refractivity contribution is 5.70. The molecule has 0 aliphatic heterocycles. The summed E-state index contributed by atoms with van der Waals surface area (Å²) < 4.78 is 5.20. The summed E-state index contributed by atoms with van der Waals surface area (Å²) in [6.45, 7) is 4.05. The maximum absolute atomic E-state index is 11.3. The Kier molecular flexibility index (Phi) is 4.65. The number of rotatable bonds is 6. The highest BCUT2D eigenvalue weighted by Gasteiger charge is 2.24. The lowest BCUT2D eigenvalue weighted by Gasteiger charge is -2.11. The Bertz CT molecular complexity index is 646. The van der Waals surface area contributed by atoms with Crippen LogP contribution in [0, 0.1) is 10.1 Å². The van der Waals surface area contributed by atoms with Crippen molar-refractivity contribution in [2.75, 3.05) is 11.9 Å². The van der Waals surface area contributed by atoms with Crippen molar-refractivity contribution in [1.82, 2.24) is 9.97 Å². The first-order chi connectivity index (χ1) is 10.2. The van der Waals surface area contributed by atoms with Crippen molar-refractivity contribution in [3.05, 3.63) is 46.3 Å². The molecule has 1 aromatic carbocycles. The molecule has 0 amide bonds. The Labute approximate surface area is 122 Å². The van der Waals surface area contributed by atoms with Crippen LogP contribution in [0.2, 0.25) is 0 Å². The number of benzene rings is 1. The van der Waals surface area contributed by atoms with Crippen molar-refractivity contribution in [3.63, 3.8) is 0 Å². The number of hydrogen-bond donors (Lipinski definition) is 1. The van der Waals surface area contributed by atoms with Crippen LogP contribution in [0.15, 0.2) is 30.6 Å². The van der Waals surface area contributed by atoms with Crippen molar-refractivity contribution in [1.29, 1.82) is 0 Å². The number of nitrogens with zero attached hydrogens (tertiary/aromatic N) is 3. The van der Waals surface area contributed by atoms with Crippen LogP contribution in [-0.2, 0) is 6.42 Å². The monoisotopic (exact) mass is 288 g/mol. The van der Waals surface area contributed by atoms with Gasteiger partial charge < -0.3 is 10.1 Å². The molecule has 0 bridgehead atoms. The molecule has 0 saturated heterocycles. The molecular weight excluding hydrogens is 272 g/mol. The molecule has 2 rings (SSSR count). The summed E-state index contributed by atoms with van der Waals surface area (Å²) in [7, 11) is 0. The molecule has 0 aliphatic carbocycles. The highest BCUT2D eigenvalue weighted by Crippen LogP contribution is 2.33. The van der Waals surface area contributed by atoms with E-state index < -0.39 is 4.92 Å². The molecule has 0 aliphatic rings. The lowest BCUT2D eigenvalue weighted by atomic mass is 10.1. The maximum atomic E-state index is 11.3. The van der Waals surface area contributed by atoms with E-state index in [2.05, 4.69) is 15.3 Å². The van der Waals surface area contributed by atoms with Crippen molar-refractivity contribution >= 4 is 17.2 Å². The van der Waals surface area contributed by atoms with Crippen LogP contribution in [-0.4, -0.2) is 21.5 Å². The van der Waals surface area contributed by atoms with E-state index >= 15 is 0 Å². The molecule has 1 aromatic heterocycles. The van der Waals surface area contributed by atoms with Gasteiger partial charge in [0.2, 0.25) is 5.82 Å². The quantitative estimate of drug-likeness (QED) is 0.649. The fourth-order valence-corrected chi connectivity index (χ4v) is 1.94. The number of hydrogen-bond acceptors (Lipinski definition) is 6. The molecule has 0 atom stereocenters. The van der Waals surface area contributed by atoms with Crippen molar-refractivity contribution in [3.8, 4) is 5.88 Å². The van der Waals surface area contributed by atoms with Crippen LogP contribution < -0.4 is 10.1 Å². The molecule has 1 N–H and O–H groups in total. The summed E-state index contributed by atoms with van der Waals surface area (Å²) in [6.07, 6.45) is 2.05. The van der Waals surface area contributed by atoms with E-state index in [-0.39, 0.29) is 17.4 Å². The van der Waals surface area contributed by atoms with Crippen LogP contribution in [0.25, 0.3) is 0 Å². The van der Waals surface area contributed by atoms with Gasteiger partial charge in [-0.2, -0.15) is 4.98 Å². The van der Waals surface area contributed by atoms with Gasteiger partial charge in [0.15, 0.2) is 0 Å². The third-order valence-corrected chi connectivity index (χ3v) is 2.90. The van der Waals surface area contributed by atoms with Crippen molar-refractivity contribution < 1.29 is 9.66 Å². The Morgan fingerprint density at radius 1 is 1.29 bits per heavy atom. The fourth-order valence-electron chi connectivity index (χ4n) is 1.94. The predicted molar refractivity (Wildman–Crippen MR) is 79.0 cm³/mol. The first-order valence-electron chi connectivity index (χ1n) is 6.64. The number of aromatic nitrogens is 2. The average molecular weight is 288 g/mol. The van der Waals surface area contributed by atoms with Gasteiger partial charge in [0.05, 0.1) is 11.5 Å². The Morgan fingerprint density at radius 3 is 2.71 bits per heavy atom. The van der Waals surface area contributed by atoms with Gasteiger partial charge in [-0.15, -0.1) is 0 Å². The first kappa shape index (κ1) is 14.7. The highest BCUT2D eigenvalue weighted by atomic mass is 16.6. The molecule has 0 spiro atoms. The van der Waals surface area contributed by atoms with Crippen LogP contribution >= 0.6 is 0 Å². The van der Waals surface area contributed by atoms with Gasteiger partial charge in [-0.05, 0) is 25.0 Å². The third-order valence-electron chi connectivity index (χ3n) is 2.90. The minimum absolute atomic E-state index is 0.0334. The largest absolute Gasteiger partial charge is 0.473 e. The number of anilines is 2. The minimum atomic E-state index is -0.540. The van der Waals surface area contributed by atoms with Gasteiger partial charge in [0.1, 0.15) is 6.33 Å². The third kappa shape index (κ3) is 3.25. The van der Waals surface area contributed by atoms with E-state index in [0.717, 1.165) is 17.7 Å². The second-order valence-electron chi connectivity index (χ2n) is 4.20. The van der Waals surface area contributed by atoms with Crippen molar-refractivity contribution in [2.45, 2.75) is 20.3 Å². The van der Waals surface area contributed by atoms with E-state index in [1.807, 2.05) is 31.2 Å². The smallest absolute Gasteiger partial charge is 0.373 e. The molecule has 0 unspecified atom stereocenters. The average Bonchev–Trinajstić information content (AvgIpc) is 2.48. The van der Waals surface area contributed by atoms with E-state index in [4.69, 9.17) is 4.74 Å². The van der Waals surface area contributed by atoms with Gasteiger partial charge in [-0.3, -0.25) is 10.1 Å². The number of para-hydroxylation sites is 1. The molecular formula is C14H16N4O3. The van der Waals surface area contributed by atoms with E-state index in [9.17, 15) is 10.1 Å². The summed E-state index contributed by atoms with van der Waals surface area (Å²) in [5.41, 5.74) is 1.57. The van der Waals surface area contributed by atoms with Crippen LogP contribution in [0.5, 0.6) is 5.88 Å². The normalized spacial score (nSPS) is 10.2. The molecule has 2 aromatic rings. The lowest BCUT2D eigenvalue weighted by molar-refractivity contribution is -0.385. The molecule has 0 saturated carbocycles. The molecule has 0 fully saturated rings. The summed E-state index contributed by atoms with van der Waals surface area (Å²) in [5.74, 6) is 0.0910. The zero-order valence-corrected chi connectivity index (χ0v) is 11.9. The van der Waals surface area contributed by atoms with Gasteiger partial charge in [0, 0.05) is 5.69 Å². The Balaban J connectivity index is 2.44. The van der Waals surface area contributed by atoms with E-state index in [1.165, 1.54) is 6.33 Å². The predicted octanol–water partition coefficient (Wildman–Crippen LogP) is 3.09. The summed E-state index contributed by atoms with van der Waals surface area (Å²) >= 11 is 0. The second kappa shape index (κ2) is 6.65. The molecule has 110 valence electrons. The summed E-state index contributed by atoms with van der Waals surface area (Å²) in [4.78, 5) is 18.5. The topological polar surface area (TPSA) is 90.2 Å². The zero-order valence-electron chi connectivity index (χ0n) is 11.9. The van der Waals surface area contributed by atoms with Crippen LogP contribution in [0.1, 0.15) is 19.4 Å². The fraction of sp³-hybridized carbons (Fsp3) is 0.286. The Morgan fingerprint density at radius 2 is 2.05 bits per heavy atom. The molecule has 1 heterocycles. The van der Waals surface area contributed by atoms with Crippen molar-refractivity contribution in [2.24, 2.45) is 0 Å². The van der Waals surface area contributed by atoms with Gasteiger partial charge >= 0.3 is 5.69 Å². The van der Waals surface area contributed by atoms with Gasteiger partial charge in [0.25, 0.3) is 5.88 Å². The van der Waals surface area contributed by atoms with Gasteiger partial charge in [-0.1, -0.05) is 25.1 Å². The number of nitro groups is 1. The zero-order chi connectivity index (χ0) is 15.2. The van der Waals surface area contributed by atoms with E-state index in [0.29, 0.717) is 6.61 Å². The summed E-state index contributed by atoms with van der Waals surface area (Å²) in [5, 5.41) is 14.3. The second-order valence-corrected chi connectivity index (χ2v) is 4.20. The first-order valence-corrected chi connectivity index (χ1v) is 6.64. The van der Waals surface area contributed by atoms with E-state index in [1.54, 1.807) is 6.92 Å². The van der Waals surface area contributed by atoms with Gasteiger partial charge in [-0.25, -0.2) is 4.98 Å². The number of nitrogens with one attached hydrogen (secondary N) is 1. The Hall–Kier alpha value is -2.70.